The van der Waals surface area contributed by atoms with Gasteiger partial charge in [0.15, 0.2) is 6.10 Å². The molecule has 2 aromatic rings. The minimum Gasteiger partial charge on any atom is -0.479 e. The number of hydrogen-bond donors (Lipinski definition) is 3. The van der Waals surface area contributed by atoms with Gasteiger partial charge in [0.1, 0.15) is 6.04 Å². The fraction of sp³-hybridized carbons (Fsp3) is 0.480. The van der Waals surface area contributed by atoms with Crippen LogP contribution in [0.2, 0.25) is 0 Å². The fourth-order valence-electron chi connectivity index (χ4n) is 4.09. The first-order valence-corrected chi connectivity index (χ1v) is 12.0. The summed E-state index contributed by atoms with van der Waals surface area (Å²) in [5, 5.41) is 12.6. The Morgan fingerprint density at radius 3 is 2.57 bits per heavy atom. The second kappa shape index (κ2) is 13.4. The summed E-state index contributed by atoms with van der Waals surface area (Å²) in [5.74, 6) is -1.64. The van der Waals surface area contributed by atoms with E-state index in [1.807, 2.05) is 30.3 Å². The molecule has 4 N–H and O–H groups in total. The predicted molar refractivity (Wildman–Crippen MR) is 129 cm³/mol. The summed E-state index contributed by atoms with van der Waals surface area (Å²) < 4.78 is 5.34. The zero-order valence-electron chi connectivity index (χ0n) is 19.7. The van der Waals surface area contributed by atoms with E-state index in [1.165, 1.54) is 4.90 Å². The van der Waals surface area contributed by atoms with E-state index >= 15 is 0 Å². The third-order valence-electron chi connectivity index (χ3n) is 5.99. The van der Waals surface area contributed by atoms with Crippen LogP contribution in [0.4, 0.5) is 5.95 Å². The van der Waals surface area contributed by atoms with Crippen molar-refractivity contribution in [3.8, 4) is 0 Å². The molecule has 0 aliphatic carbocycles. The zero-order chi connectivity index (χ0) is 25.0. The largest absolute Gasteiger partial charge is 0.479 e. The quantitative estimate of drug-likeness (QED) is 0.287. The Hall–Kier alpha value is -3.53. The number of carbonyl (C=O) groups is 3. The number of hydrogen-bond acceptors (Lipinski definition) is 8. The molecule has 0 spiro atoms. The number of nitrogens with two attached hydrogens (primary N) is 1. The van der Waals surface area contributed by atoms with E-state index in [-0.39, 0.29) is 12.3 Å². The number of carbonyl (C=O) groups excluding carboxylic acids is 2. The molecule has 10 heteroatoms. The van der Waals surface area contributed by atoms with Crippen LogP contribution in [-0.2, 0) is 25.5 Å². The fourth-order valence-corrected chi connectivity index (χ4v) is 4.09. The molecule has 35 heavy (non-hydrogen) atoms. The molecule has 1 aromatic carbocycles. The number of likely N-dealkylation sites (tertiary alicyclic amines) is 1. The van der Waals surface area contributed by atoms with Gasteiger partial charge in [-0.25, -0.2) is 19.6 Å². The Kier molecular flexibility index (Phi) is 9.97. The summed E-state index contributed by atoms with van der Waals surface area (Å²) in [6.45, 7) is 1.06. The third kappa shape index (κ3) is 8.03. The highest BCUT2D eigenvalue weighted by atomic mass is 16.6. The van der Waals surface area contributed by atoms with Crippen molar-refractivity contribution in [1.82, 2.24) is 14.9 Å². The number of nitrogens with zero attached hydrogens (tertiary/aromatic N) is 3. The predicted octanol–water partition coefficient (Wildman–Crippen LogP) is 2.01. The molecular weight excluding hydrogens is 450 g/mol. The van der Waals surface area contributed by atoms with Crippen molar-refractivity contribution >= 4 is 23.8 Å². The van der Waals surface area contributed by atoms with Crippen molar-refractivity contribution in [2.45, 2.75) is 63.1 Å². The lowest BCUT2D eigenvalue weighted by Crippen LogP contribution is -2.49. The van der Waals surface area contributed by atoms with Crippen LogP contribution in [0.3, 0.4) is 0 Å². The van der Waals surface area contributed by atoms with E-state index in [1.54, 1.807) is 18.5 Å². The monoisotopic (exact) mass is 483 g/mol. The number of nitrogens with one attached hydrogen (secondary N) is 1. The standard InChI is InChI=1S/C25H33N5O5/c26-19(10-4-5-14-27-25-28-15-7-16-29-25)22(31)30-17-6-11-20(30)24(34)35-21(23(32)33)13-12-18-8-2-1-3-9-18/h1-3,7-9,15-16,19-21H,4-6,10-14,17,26H2,(H,32,33)(H,27,28,29)/t19-,20-,21-/m0/s1. The number of anilines is 1. The van der Waals surface area contributed by atoms with Gasteiger partial charge in [0.2, 0.25) is 11.9 Å². The SMILES string of the molecule is N[C@@H](CCCCNc1ncccn1)C(=O)N1CCC[C@H]1C(=O)O[C@@H](CCc1ccccc1)C(=O)O. The smallest absolute Gasteiger partial charge is 0.345 e. The van der Waals surface area contributed by atoms with E-state index in [4.69, 9.17) is 10.5 Å². The number of aryl methyl sites for hydroxylation is 1. The molecule has 3 atom stereocenters. The number of unbranched alkanes of at least 4 members (excludes halogenated alkanes) is 1. The molecule has 0 bridgehead atoms. The number of aromatic nitrogens is 2. The average molecular weight is 484 g/mol. The Bertz CT molecular complexity index is 959. The van der Waals surface area contributed by atoms with Crippen molar-refractivity contribution in [2.75, 3.05) is 18.4 Å². The maximum absolute atomic E-state index is 12.9. The van der Waals surface area contributed by atoms with E-state index < -0.39 is 30.1 Å². The first-order valence-electron chi connectivity index (χ1n) is 12.0. The number of amides is 1. The van der Waals surface area contributed by atoms with Gasteiger partial charge in [-0.15, -0.1) is 0 Å². The Balaban J connectivity index is 1.45. The summed E-state index contributed by atoms with van der Waals surface area (Å²) >= 11 is 0. The van der Waals surface area contributed by atoms with Crippen LogP contribution in [0.1, 0.15) is 44.1 Å². The number of carboxylic acids is 1. The number of carboxylic acid groups (broad SMARTS) is 1. The lowest BCUT2D eigenvalue weighted by Gasteiger charge is -2.27. The average Bonchev–Trinajstić information content (AvgIpc) is 3.37. The van der Waals surface area contributed by atoms with Crippen molar-refractivity contribution < 1.29 is 24.2 Å². The number of ether oxygens (including phenoxy) is 1. The highest BCUT2D eigenvalue weighted by Crippen LogP contribution is 2.21. The number of benzene rings is 1. The van der Waals surface area contributed by atoms with Crippen LogP contribution in [0.15, 0.2) is 48.8 Å². The van der Waals surface area contributed by atoms with Crippen LogP contribution in [0, 0.1) is 0 Å². The van der Waals surface area contributed by atoms with Crippen LogP contribution in [-0.4, -0.2) is 69.1 Å². The van der Waals surface area contributed by atoms with Gasteiger partial charge < -0.3 is 25.8 Å². The lowest BCUT2D eigenvalue weighted by atomic mass is 10.1. The third-order valence-corrected chi connectivity index (χ3v) is 5.99. The molecular formula is C25H33N5O5. The van der Waals surface area contributed by atoms with Gasteiger partial charge in [-0.2, -0.15) is 0 Å². The van der Waals surface area contributed by atoms with Crippen molar-refractivity contribution in [2.24, 2.45) is 5.73 Å². The summed E-state index contributed by atoms with van der Waals surface area (Å²) in [5.41, 5.74) is 7.09. The molecule has 1 aromatic heterocycles. The molecule has 10 nitrogen and oxygen atoms in total. The molecule has 0 radical (unpaired) electrons. The summed E-state index contributed by atoms with van der Waals surface area (Å²) in [6, 6.07) is 9.62. The van der Waals surface area contributed by atoms with Crippen molar-refractivity contribution in [3.05, 3.63) is 54.4 Å². The van der Waals surface area contributed by atoms with Crippen LogP contribution in [0.25, 0.3) is 0 Å². The minimum absolute atomic E-state index is 0.160. The Morgan fingerprint density at radius 2 is 1.86 bits per heavy atom. The van der Waals surface area contributed by atoms with Crippen LogP contribution < -0.4 is 11.1 Å². The molecule has 2 heterocycles. The van der Waals surface area contributed by atoms with Gasteiger partial charge in [-0.05, 0) is 56.6 Å². The molecule has 1 aliphatic heterocycles. The van der Waals surface area contributed by atoms with E-state index in [9.17, 15) is 19.5 Å². The van der Waals surface area contributed by atoms with Gasteiger partial charge in [0, 0.05) is 25.5 Å². The van der Waals surface area contributed by atoms with Gasteiger partial charge in [0.25, 0.3) is 0 Å². The first kappa shape index (κ1) is 26.1. The molecule has 1 saturated heterocycles. The number of esters is 1. The molecule has 0 unspecified atom stereocenters. The van der Waals surface area contributed by atoms with Crippen molar-refractivity contribution in [1.29, 1.82) is 0 Å². The second-order valence-electron chi connectivity index (χ2n) is 8.58. The van der Waals surface area contributed by atoms with Gasteiger partial charge in [-0.3, -0.25) is 4.79 Å². The summed E-state index contributed by atoms with van der Waals surface area (Å²) in [7, 11) is 0. The topological polar surface area (TPSA) is 148 Å². The molecule has 188 valence electrons. The zero-order valence-corrected chi connectivity index (χ0v) is 19.7. The van der Waals surface area contributed by atoms with Gasteiger partial charge in [-0.1, -0.05) is 30.3 Å². The normalized spacial score (nSPS) is 16.9. The Labute approximate surface area is 204 Å². The van der Waals surface area contributed by atoms with E-state index in [0.717, 1.165) is 18.4 Å². The summed E-state index contributed by atoms with van der Waals surface area (Å²) in [4.78, 5) is 47.0. The number of rotatable bonds is 13. The van der Waals surface area contributed by atoms with Crippen LogP contribution >= 0.6 is 0 Å². The first-order chi connectivity index (χ1) is 17.0. The van der Waals surface area contributed by atoms with E-state index in [2.05, 4.69) is 15.3 Å². The maximum atomic E-state index is 12.9. The van der Waals surface area contributed by atoms with Crippen molar-refractivity contribution in [3.63, 3.8) is 0 Å². The van der Waals surface area contributed by atoms with Gasteiger partial charge >= 0.3 is 11.9 Å². The van der Waals surface area contributed by atoms with E-state index in [0.29, 0.717) is 44.7 Å². The molecule has 0 saturated carbocycles. The highest BCUT2D eigenvalue weighted by molar-refractivity contribution is 5.89. The summed E-state index contributed by atoms with van der Waals surface area (Å²) in [6.07, 6.45) is 5.72. The van der Waals surface area contributed by atoms with Gasteiger partial charge in [0.05, 0.1) is 6.04 Å². The lowest BCUT2D eigenvalue weighted by molar-refractivity contribution is -0.168. The van der Waals surface area contributed by atoms with Crippen LogP contribution in [0.5, 0.6) is 0 Å². The molecule has 1 amide bonds. The molecule has 1 fully saturated rings. The highest BCUT2D eigenvalue weighted by Gasteiger charge is 2.38. The Morgan fingerprint density at radius 1 is 1.11 bits per heavy atom. The molecule has 1 aliphatic rings. The second-order valence-corrected chi connectivity index (χ2v) is 8.58. The maximum Gasteiger partial charge on any atom is 0.345 e. The number of aliphatic carboxylic acids is 1. The minimum atomic E-state index is -1.27. The molecule has 3 rings (SSSR count).